The van der Waals surface area contributed by atoms with E-state index in [1.807, 2.05) is 22.9 Å². The molecule has 1 aliphatic rings. The third-order valence-electron chi connectivity index (χ3n) is 3.97. The molecule has 0 saturated carbocycles. The quantitative estimate of drug-likeness (QED) is 0.707. The summed E-state index contributed by atoms with van der Waals surface area (Å²) in [5.74, 6) is 0.666. The Hall–Kier alpha value is -2.11. The molecule has 3 aromatic rings. The van der Waals surface area contributed by atoms with Crippen molar-refractivity contribution >= 4 is 45.8 Å². The fraction of sp³-hybridized carbons (Fsp3) is 0.188. The van der Waals surface area contributed by atoms with Crippen LogP contribution in [0.2, 0.25) is 10.0 Å². The number of halogens is 2. The Morgan fingerprint density at radius 1 is 1.22 bits per heavy atom. The van der Waals surface area contributed by atoms with Crippen molar-refractivity contribution in [2.24, 2.45) is 0 Å². The zero-order valence-electron chi connectivity index (χ0n) is 12.0. The normalized spacial score (nSPS) is 14.9. The summed E-state index contributed by atoms with van der Waals surface area (Å²) in [6.45, 7) is 0.666. The molecule has 1 amide bonds. The van der Waals surface area contributed by atoms with Crippen LogP contribution in [0.5, 0.6) is 0 Å². The number of pyridine rings is 1. The maximum absolute atomic E-state index is 12.1. The molecule has 2 aromatic heterocycles. The van der Waals surface area contributed by atoms with E-state index in [1.165, 1.54) is 0 Å². The van der Waals surface area contributed by atoms with Gasteiger partial charge in [0, 0.05) is 36.8 Å². The lowest BCUT2D eigenvalue weighted by Crippen LogP contribution is -2.25. The second-order valence-electron chi connectivity index (χ2n) is 5.38. The number of hydrogen-bond acceptors (Lipinski definition) is 3. The van der Waals surface area contributed by atoms with Crippen LogP contribution in [-0.2, 0) is 4.79 Å². The van der Waals surface area contributed by atoms with E-state index < -0.39 is 0 Å². The summed E-state index contributed by atoms with van der Waals surface area (Å²) in [4.78, 5) is 22.4. The number of benzene rings is 1. The van der Waals surface area contributed by atoms with Crippen LogP contribution in [-0.4, -0.2) is 27.0 Å². The number of hydrogen-bond donors (Lipinski definition) is 0. The first-order chi connectivity index (χ1) is 11.1. The molecular weight excluding hydrogens is 335 g/mol. The van der Waals surface area contributed by atoms with Crippen molar-refractivity contribution in [3.05, 3.63) is 47.0 Å². The standard InChI is InChI=1S/C16H12Cl2N4O/c17-11-4-3-10-12(21-7-5-19-9-21)8-13(20-16(10)15(11)18)22-6-1-2-14(22)23/h3-5,7-9H,1-2,6H2. The second kappa shape index (κ2) is 5.51. The number of fused-ring (bicyclic) bond motifs is 1. The number of carbonyl (C=O) groups is 1. The van der Waals surface area contributed by atoms with Crippen LogP contribution in [0, 0.1) is 0 Å². The van der Waals surface area contributed by atoms with E-state index in [0.29, 0.717) is 34.3 Å². The van der Waals surface area contributed by atoms with Gasteiger partial charge in [-0.3, -0.25) is 9.69 Å². The van der Waals surface area contributed by atoms with E-state index >= 15 is 0 Å². The molecule has 0 atom stereocenters. The molecule has 3 heterocycles. The van der Waals surface area contributed by atoms with E-state index in [-0.39, 0.29) is 5.91 Å². The minimum atomic E-state index is 0.0755. The maximum atomic E-state index is 12.1. The summed E-state index contributed by atoms with van der Waals surface area (Å²) in [6, 6.07) is 5.51. The zero-order valence-corrected chi connectivity index (χ0v) is 13.6. The molecule has 0 N–H and O–H groups in total. The van der Waals surface area contributed by atoms with E-state index in [9.17, 15) is 4.79 Å². The van der Waals surface area contributed by atoms with Gasteiger partial charge in [-0.15, -0.1) is 0 Å². The average molecular weight is 347 g/mol. The van der Waals surface area contributed by atoms with Gasteiger partial charge in [0.1, 0.15) is 5.82 Å². The number of rotatable bonds is 2. The molecule has 0 unspecified atom stereocenters. The highest BCUT2D eigenvalue weighted by molar-refractivity contribution is 6.45. The van der Waals surface area contributed by atoms with Gasteiger partial charge in [-0.25, -0.2) is 9.97 Å². The molecule has 0 spiro atoms. The fourth-order valence-electron chi connectivity index (χ4n) is 2.85. The number of amides is 1. The molecule has 116 valence electrons. The lowest BCUT2D eigenvalue weighted by Gasteiger charge is -2.18. The van der Waals surface area contributed by atoms with Gasteiger partial charge in [0.15, 0.2) is 0 Å². The SMILES string of the molecule is O=C1CCCN1c1cc(-n2ccnc2)c2ccc(Cl)c(Cl)c2n1. The Balaban J connectivity index is 2.02. The van der Waals surface area contributed by atoms with Crippen LogP contribution < -0.4 is 4.90 Å². The molecule has 4 rings (SSSR count). The van der Waals surface area contributed by atoms with Gasteiger partial charge in [0.05, 0.1) is 27.6 Å². The molecule has 5 nitrogen and oxygen atoms in total. The largest absolute Gasteiger partial charge is 0.306 e. The fourth-order valence-corrected chi connectivity index (χ4v) is 3.21. The van der Waals surface area contributed by atoms with Gasteiger partial charge in [-0.1, -0.05) is 23.2 Å². The van der Waals surface area contributed by atoms with Crippen LogP contribution in [0.25, 0.3) is 16.6 Å². The van der Waals surface area contributed by atoms with Crippen molar-refractivity contribution in [1.29, 1.82) is 0 Å². The van der Waals surface area contributed by atoms with Gasteiger partial charge < -0.3 is 4.57 Å². The Labute approximate surface area is 142 Å². The molecule has 7 heteroatoms. The monoisotopic (exact) mass is 346 g/mol. The highest BCUT2D eigenvalue weighted by atomic mass is 35.5. The lowest BCUT2D eigenvalue weighted by atomic mass is 10.1. The highest BCUT2D eigenvalue weighted by Crippen LogP contribution is 2.35. The first-order valence-electron chi connectivity index (χ1n) is 7.22. The molecule has 0 aliphatic carbocycles. The van der Waals surface area contributed by atoms with Gasteiger partial charge in [0.25, 0.3) is 0 Å². The van der Waals surface area contributed by atoms with Crippen molar-refractivity contribution in [3.8, 4) is 5.69 Å². The van der Waals surface area contributed by atoms with Crippen LogP contribution in [0.3, 0.4) is 0 Å². The zero-order chi connectivity index (χ0) is 16.0. The summed E-state index contributed by atoms with van der Waals surface area (Å²) >= 11 is 12.5. The summed E-state index contributed by atoms with van der Waals surface area (Å²) in [5, 5.41) is 1.68. The molecule has 1 aromatic carbocycles. The highest BCUT2D eigenvalue weighted by Gasteiger charge is 2.24. The number of carbonyl (C=O) groups excluding carboxylic acids is 1. The maximum Gasteiger partial charge on any atom is 0.228 e. The van der Waals surface area contributed by atoms with Gasteiger partial charge in [0.2, 0.25) is 5.91 Å². The van der Waals surface area contributed by atoms with E-state index in [4.69, 9.17) is 23.2 Å². The Morgan fingerprint density at radius 2 is 2.09 bits per heavy atom. The summed E-state index contributed by atoms with van der Waals surface area (Å²) < 4.78 is 1.87. The Bertz CT molecular complexity index is 908. The topological polar surface area (TPSA) is 51.0 Å². The minimum absolute atomic E-state index is 0.0755. The summed E-state index contributed by atoms with van der Waals surface area (Å²) in [6.07, 6.45) is 6.62. The molecule has 1 fully saturated rings. The van der Waals surface area contributed by atoms with E-state index in [2.05, 4.69) is 9.97 Å². The van der Waals surface area contributed by atoms with Crippen molar-refractivity contribution in [2.75, 3.05) is 11.4 Å². The number of aromatic nitrogens is 3. The summed E-state index contributed by atoms with van der Waals surface area (Å²) in [5.41, 5.74) is 1.45. The van der Waals surface area contributed by atoms with Crippen molar-refractivity contribution in [2.45, 2.75) is 12.8 Å². The van der Waals surface area contributed by atoms with Crippen molar-refractivity contribution in [3.63, 3.8) is 0 Å². The van der Waals surface area contributed by atoms with Crippen molar-refractivity contribution < 1.29 is 4.79 Å². The lowest BCUT2D eigenvalue weighted by molar-refractivity contribution is -0.117. The predicted molar refractivity (Wildman–Crippen MR) is 90.5 cm³/mol. The molecule has 1 saturated heterocycles. The third-order valence-corrected chi connectivity index (χ3v) is 4.76. The van der Waals surface area contributed by atoms with E-state index in [0.717, 1.165) is 17.5 Å². The van der Waals surface area contributed by atoms with Crippen molar-refractivity contribution in [1.82, 2.24) is 14.5 Å². The smallest absolute Gasteiger partial charge is 0.228 e. The number of nitrogens with zero attached hydrogens (tertiary/aromatic N) is 4. The first kappa shape index (κ1) is 14.5. The molecule has 0 radical (unpaired) electrons. The third kappa shape index (κ3) is 2.36. The van der Waals surface area contributed by atoms with Gasteiger partial charge in [-0.05, 0) is 18.6 Å². The van der Waals surface area contributed by atoms with Gasteiger partial charge in [-0.2, -0.15) is 0 Å². The Kier molecular flexibility index (Phi) is 3.47. The van der Waals surface area contributed by atoms with E-state index in [1.54, 1.807) is 23.5 Å². The predicted octanol–water partition coefficient (Wildman–Crippen LogP) is 3.85. The first-order valence-corrected chi connectivity index (χ1v) is 7.98. The van der Waals surface area contributed by atoms with Crippen LogP contribution in [0.4, 0.5) is 5.82 Å². The van der Waals surface area contributed by atoms with Crippen LogP contribution >= 0.6 is 23.2 Å². The second-order valence-corrected chi connectivity index (χ2v) is 6.16. The molecule has 1 aliphatic heterocycles. The molecular formula is C16H12Cl2N4O. The Morgan fingerprint density at radius 3 is 2.78 bits per heavy atom. The average Bonchev–Trinajstić information content (AvgIpc) is 3.21. The van der Waals surface area contributed by atoms with Gasteiger partial charge >= 0.3 is 0 Å². The van der Waals surface area contributed by atoms with Crippen LogP contribution in [0.1, 0.15) is 12.8 Å². The molecule has 23 heavy (non-hydrogen) atoms. The number of imidazole rings is 1. The van der Waals surface area contributed by atoms with Crippen LogP contribution in [0.15, 0.2) is 36.9 Å². The summed E-state index contributed by atoms with van der Waals surface area (Å²) in [7, 11) is 0. The number of anilines is 1. The molecule has 0 bridgehead atoms. The minimum Gasteiger partial charge on any atom is -0.306 e.